The summed E-state index contributed by atoms with van der Waals surface area (Å²) in [6, 6.07) is 5.59. The summed E-state index contributed by atoms with van der Waals surface area (Å²) >= 11 is 0. The third-order valence-electron chi connectivity index (χ3n) is 4.35. The maximum atomic E-state index is 13.5. The van der Waals surface area contributed by atoms with Gasteiger partial charge in [0.15, 0.2) is 0 Å². The van der Waals surface area contributed by atoms with Crippen LogP contribution >= 0.6 is 0 Å². The van der Waals surface area contributed by atoms with Crippen molar-refractivity contribution in [3.05, 3.63) is 35.1 Å². The summed E-state index contributed by atoms with van der Waals surface area (Å²) in [6.07, 6.45) is 4.94. The molecule has 1 aliphatic heterocycles. The number of benzene rings is 1. The van der Waals surface area contributed by atoms with Crippen molar-refractivity contribution >= 4 is 0 Å². The second kappa shape index (κ2) is 5.40. The molecule has 100 valence electrons. The summed E-state index contributed by atoms with van der Waals surface area (Å²) in [7, 11) is 0. The highest BCUT2D eigenvalue weighted by molar-refractivity contribution is 5.31. The molecule has 0 aromatic heterocycles. The van der Waals surface area contributed by atoms with Crippen molar-refractivity contribution in [2.45, 2.75) is 52.0 Å². The first-order valence-corrected chi connectivity index (χ1v) is 7.08. The van der Waals surface area contributed by atoms with Crippen molar-refractivity contribution in [1.29, 1.82) is 0 Å². The van der Waals surface area contributed by atoms with E-state index in [2.05, 4.69) is 19.2 Å². The number of nitrogens with one attached hydrogen (secondary N) is 1. The van der Waals surface area contributed by atoms with Crippen LogP contribution in [0.4, 0.5) is 4.39 Å². The van der Waals surface area contributed by atoms with Crippen LogP contribution in [-0.4, -0.2) is 6.54 Å². The molecule has 0 amide bonds. The maximum absolute atomic E-state index is 13.5. The van der Waals surface area contributed by atoms with Gasteiger partial charge in [-0.2, -0.15) is 0 Å². The van der Waals surface area contributed by atoms with Gasteiger partial charge in [0.25, 0.3) is 0 Å². The molecule has 18 heavy (non-hydrogen) atoms. The van der Waals surface area contributed by atoms with Gasteiger partial charge in [-0.15, -0.1) is 0 Å². The van der Waals surface area contributed by atoms with E-state index in [-0.39, 0.29) is 11.4 Å². The zero-order valence-electron chi connectivity index (χ0n) is 11.7. The molecule has 1 heterocycles. The van der Waals surface area contributed by atoms with Crippen molar-refractivity contribution in [1.82, 2.24) is 5.32 Å². The number of aryl methyl sites for hydroxylation is 1. The minimum absolute atomic E-state index is 0.0228. The Kier molecular flexibility index (Phi) is 4.06. The average molecular weight is 249 g/mol. The SMILES string of the molecule is Cc1cc(C2(C(C)C)CCCCCN2)ccc1F. The van der Waals surface area contributed by atoms with Crippen LogP contribution in [0.25, 0.3) is 0 Å². The lowest BCUT2D eigenvalue weighted by molar-refractivity contribution is 0.230. The molecule has 1 aromatic rings. The minimum atomic E-state index is -0.105. The third-order valence-corrected chi connectivity index (χ3v) is 4.35. The summed E-state index contributed by atoms with van der Waals surface area (Å²) in [6.45, 7) is 7.44. The molecule has 1 N–H and O–H groups in total. The predicted molar refractivity (Wildman–Crippen MR) is 74.1 cm³/mol. The van der Waals surface area contributed by atoms with Crippen LogP contribution in [0.2, 0.25) is 0 Å². The quantitative estimate of drug-likeness (QED) is 0.830. The van der Waals surface area contributed by atoms with Gasteiger partial charge in [-0.1, -0.05) is 38.8 Å². The Balaban J connectivity index is 2.42. The van der Waals surface area contributed by atoms with E-state index in [1.807, 2.05) is 19.1 Å². The van der Waals surface area contributed by atoms with E-state index in [1.165, 1.54) is 24.8 Å². The monoisotopic (exact) mass is 249 g/mol. The van der Waals surface area contributed by atoms with Crippen LogP contribution in [0, 0.1) is 18.7 Å². The molecule has 2 heteroatoms. The van der Waals surface area contributed by atoms with Crippen molar-refractivity contribution in [3.63, 3.8) is 0 Å². The predicted octanol–water partition coefficient (Wildman–Crippen LogP) is 4.15. The van der Waals surface area contributed by atoms with E-state index < -0.39 is 0 Å². The lowest BCUT2D eigenvalue weighted by Crippen LogP contribution is -2.46. The summed E-state index contributed by atoms with van der Waals surface area (Å²) in [5, 5.41) is 3.74. The molecule has 0 spiro atoms. The minimum Gasteiger partial charge on any atom is -0.307 e. The fourth-order valence-corrected chi connectivity index (χ4v) is 3.10. The van der Waals surface area contributed by atoms with E-state index in [9.17, 15) is 4.39 Å². The van der Waals surface area contributed by atoms with Gasteiger partial charge in [-0.25, -0.2) is 4.39 Å². The molecule has 1 saturated heterocycles. The Morgan fingerprint density at radius 1 is 1.22 bits per heavy atom. The number of halogens is 1. The van der Waals surface area contributed by atoms with E-state index in [4.69, 9.17) is 0 Å². The Labute approximate surface area is 110 Å². The van der Waals surface area contributed by atoms with E-state index >= 15 is 0 Å². The molecule has 1 fully saturated rings. The Bertz CT molecular complexity index is 404. The van der Waals surface area contributed by atoms with Gasteiger partial charge in [0.1, 0.15) is 5.82 Å². The Morgan fingerprint density at radius 2 is 2.00 bits per heavy atom. The van der Waals surface area contributed by atoms with Crippen LogP contribution < -0.4 is 5.32 Å². The number of rotatable bonds is 2. The van der Waals surface area contributed by atoms with Crippen molar-refractivity contribution in [2.24, 2.45) is 5.92 Å². The van der Waals surface area contributed by atoms with Gasteiger partial charge in [0, 0.05) is 5.54 Å². The van der Waals surface area contributed by atoms with Crippen LogP contribution in [0.5, 0.6) is 0 Å². The summed E-state index contributed by atoms with van der Waals surface area (Å²) in [5.41, 5.74) is 2.02. The number of hydrogen-bond acceptors (Lipinski definition) is 1. The summed E-state index contributed by atoms with van der Waals surface area (Å²) in [4.78, 5) is 0. The number of hydrogen-bond donors (Lipinski definition) is 1. The molecule has 1 aromatic carbocycles. The molecule has 2 rings (SSSR count). The van der Waals surface area contributed by atoms with Crippen LogP contribution in [0.15, 0.2) is 18.2 Å². The first kappa shape index (κ1) is 13.5. The highest BCUT2D eigenvalue weighted by Gasteiger charge is 2.35. The second-order valence-electron chi connectivity index (χ2n) is 5.83. The zero-order chi connectivity index (χ0) is 13.2. The topological polar surface area (TPSA) is 12.0 Å². The third kappa shape index (κ3) is 2.44. The van der Waals surface area contributed by atoms with E-state index in [0.29, 0.717) is 5.92 Å². The highest BCUT2D eigenvalue weighted by Crippen LogP contribution is 2.37. The molecular weight excluding hydrogens is 225 g/mol. The standard InChI is InChI=1S/C16H24FN/c1-12(2)16(9-5-4-6-10-18-16)14-7-8-15(17)13(3)11-14/h7-8,11-12,18H,4-6,9-10H2,1-3H3. The van der Waals surface area contributed by atoms with Gasteiger partial charge >= 0.3 is 0 Å². The Morgan fingerprint density at radius 3 is 2.67 bits per heavy atom. The zero-order valence-corrected chi connectivity index (χ0v) is 11.7. The fourth-order valence-electron chi connectivity index (χ4n) is 3.10. The average Bonchev–Trinajstić information content (AvgIpc) is 2.59. The maximum Gasteiger partial charge on any atom is 0.126 e. The van der Waals surface area contributed by atoms with Crippen molar-refractivity contribution in [3.8, 4) is 0 Å². The first-order chi connectivity index (χ1) is 8.56. The molecule has 1 nitrogen and oxygen atoms in total. The normalized spacial score (nSPS) is 25.2. The molecule has 0 saturated carbocycles. The lowest BCUT2D eigenvalue weighted by Gasteiger charge is -2.39. The summed E-state index contributed by atoms with van der Waals surface area (Å²) in [5.74, 6) is 0.409. The summed E-state index contributed by atoms with van der Waals surface area (Å²) < 4.78 is 13.5. The van der Waals surface area contributed by atoms with E-state index in [0.717, 1.165) is 18.5 Å². The lowest BCUT2D eigenvalue weighted by atomic mass is 9.76. The molecule has 0 radical (unpaired) electrons. The largest absolute Gasteiger partial charge is 0.307 e. The molecule has 1 aliphatic rings. The molecular formula is C16H24FN. The smallest absolute Gasteiger partial charge is 0.126 e. The van der Waals surface area contributed by atoms with Crippen molar-refractivity contribution < 1.29 is 4.39 Å². The van der Waals surface area contributed by atoms with Crippen LogP contribution in [0.3, 0.4) is 0 Å². The van der Waals surface area contributed by atoms with Gasteiger partial charge in [0.2, 0.25) is 0 Å². The first-order valence-electron chi connectivity index (χ1n) is 7.08. The molecule has 1 unspecified atom stereocenters. The van der Waals surface area contributed by atoms with Gasteiger partial charge in [0.05, 0.1) is 0 Å². The fraction of sp³-hybridized carbons (Fsp3) is 0.625. The van der Waals surface area contributed by atoms with Gasteiger partial charge in [-0.3, -0.25) is 0 Å². The molecule has 0 aliphatic carbocycles. The molecule has 1 atom stereocenters. The van der Waals surface area contributed by atoms with Crippen LogP contribution in [-0.2, 0) is 5.54 Å². The highest BCUT2D eigenvalue weighted by atomic mass is 19.1. The molecule has 0 bridgehead atoms. The van der Waals surface area contributed by atoms with Gasteiger partial charge < -0.3 is 5.32 Å². The second-order valence-corrected chi connectivity index (χ2v) is 5.83. The van der Waals surface area contributed by atoms with Crippen LogP contribution in [0.1, 0.15) is 50.7 Å². The van der Waals surface area contributed by atoms with Crippen molar-refractivity contribution in [2.75, 3.05) is 6.54 Å². The van der Waals surface area contributed by atoms with Gasteiger partial charge in [-0.05, 0) is 49.4 Å². The Hall–Kier alpha value is -0.890. The van der Waals surface area contributed by atoms with E-state index in [1.54, 1.807) is 6.07 Å².